The molecule has 0 atom stereocenters. The Labute approximate surface area is 143 Å². The number of aryl methyl sites for hydroxylation is 1. The number of hydrogen-bond acceptors (Lipinski definition) is 5. The highest BCUT2D eigenvalue weighted by atomic mass is 15.3. The van der Waals surface area contributed by atoms with Gasteiger partial charge < -0.3 is 14.8 Å². The van der Waals surface area contributed by atoms with E-state index < -0.39 is 0 Å². The van der Waals surface area contributed by atoms with E-state index in [0.717, 1.165) is 49.9 Å². The zero-order valence-electron chi connectivity index (χ0n) is 14.7. The minimum absolute atomic E-state index is 0.448. The van der Waals surface area contributed by atoms with Gasteiger partial charge in [-0.15, -0.1) is 0 Å². The van der Waals surface area contributed by atoms with E-state index in [0.29, 0.717) is 5.92 Å². The van der Waals surface area contributed by atoms with E-state index in [2.05, 4.69) is 47.2 Å². The second kappa shape index (κ2) is 6.07. The van der Waals surface area contributed by atoms with Gasteiger partial charge >= 0.3 is 0 Å². The van der Waals surface area contributed by atoms with Gasteiger partial charge in [0.15, 0.2) is 0 Å². The molecule has 1 aliphatic carbocycles. The smallest absolute Gasteiger partial charge is 0.227 e. The Balaban J connectivity index is 1.69. The van der Waals surface area contributed by atoms with Crippen molar-refractivity contribution in [1.29, 1.82) is 0 Å². The summed E-state index contributed by atoms with van der Waals surface area (Å²) < 4.78 is 2.12. The molecule has 1 aliphatic heterocycles. The third-order valence-electron chi connectivity index (χ3n) is 4.98. The number of nitrogens with zero attached hydrogens (tertiary/aromatic N) is 5. The van der Waals surface area contributed by atoms with Crippen LogP contribution in [0.4, 0.5) is 17.7 Å². The van der Waals surface area contributed by atoms with Crippen LogP contribution in [0.1, 0.15) is 56.0 Å². The quantitative estimate of drug-likeness (QED) is 0.934. The molecule has 6 heteroatoms. The average Bonchev–Trinajstić information content (AvgIpc) is 3.28. The summed E-state index contributed by atoms with van der Waals surface area (Å²) in [6.07, 6.45) is 7.49. The standard InChI is InChI=1S/C18H25N6/c1-12(2)15-11-19-17(23(15)3)21-16-13-7-6-8-14(13)20-18(22-16)24-9-4-5-10-24/h9,11-12H,4-8,10H2,1-3H3,(H,19,20,21,22). The lowest BCUT2D eigenvalue weighted by Gasteiger charge is -2.18. The van der Waals surface area contributed by atoms with Crippen LogP contribution in [0.15, 0.2) is 6.20 Å². The van der Waals surface area contributed by atoms with Crippen LogP contribution >= 0.6 is 0 Å². The van der Waals surface area contributed by atoms with Gasteiger partial charge in [-0.3, -0.25) is 0 Å². The first-order valence-corrected chi connectivity index (χ1v) is 8.92. The van der Waals surface area contributed by atoms with E-state index in [4.69, 9.17) is 9.97 Å². The molecule has 2 aromatic rings. The van der Waals surface area contributed by atoms with Gasteiger partial charge in [0.2, 0.25) is 11.9 Å². The van der Waals surface area contributed by atoms with Crippen LogP contribution < -0.4 is 10.2 Å². The molecule has 1 fully saturated rings. The fourth-order valence-corrected chi connectivity index (χ4v) is 3.61. The summed E-state index contributed by atoms with van der Waals surface area (Å²) in [6, 6.07) is 0. The molecular weight excluding hydrogens is 300 g/mol. The van der Waals surface area contributed by atoms with Crippen molar-refractivity contribution in [1.82, 2.24) is 19.5 Å². The number of hydrogen-bond donors (Lipinski definition) is 1. The zero-order chi connectivity index (χ0) is 16.7. The summed E-state index contributed by atoms with van der Waals surface area (Å²) in [5, 5.41) is 3.47. The molecule has 0 amide bonds. The number of nitrogens with one attached hydrogen (secondary N) is 1. The van der Waals surface area contributed by atoms with Crippen LogP contribution in [0.25, 0.3) is 0 Å². The molecule has 4 rings (SSSR count). The molecule has 0 bridgehead atoms. The summed E-state index contributed by atoms with van der Waals surface area (Å²) in [6.45, 7) is 7.59. The average molecular weight is 325 g/mol. The fourth-order valence-electron chi connectivity index (χ4n) is 3.61. The van der Waals surface area contributed by atoms with Gasteiger partial charge in [0.05, 0.1) is 18.4 Å². The van der Waals surface area contributed by atoms with Crippen molar-refractivity contribution in [3.8, 4) is 0 Å². The Kier molecular flexibility index (Phi) is 3.90. The van der Waals surface area contributed by atoms with Gasteiger partial charge in [-0.2, -0.15) is 4.98 Å². The first-order valence-electron chi connectivity index (χ1n) is 8.92. The lowest BCUT2D eigenvalue weighted by Crippen LogP contribution is -2.19. The van der Waals surface area contributed by atoms with Gasteiger partial charge in [0.1, 0.15) is 5.82 Å². The summed E-state index contributed by atoms with van der Waals surface area (Å²) in [7, 11) is 2.06. The van der Waals surface area contributed by atoms with Crippen molar-refractivity contribution in [2.45, 2.75) is 51.9 Å². The van der Waals surface area contributed by atoms with Crippen LogP contribution in [0, 0.1) is 6.54 Å². The van der Waals surface area contributed by atoms with E-state index in [1.54, 1.807) is 0 Å². The van der Waals surface area contributed by atoms with Crippen molar-refractivity contribution in [3.63, 3.8) is 0 Å². The fraction of sp³-hybridized carbons (Fsp3) is 0.556. The molecule has 0 aromatic carbocycles. The molecule has 1 radical (unpaired) electrons. The van der Waals surface area contributed by atoms with Crippen molar-refractivity contribution in [2.75, 3.05) is 16.8 Å². The monoisotopic (exact) mass is 325 g/mol. The molecule has 1 saturated heterocycles. The molecule has 1 N–H and O–H groups in total. The number of fused-ring (bicyclic) bond motifs is 1. The number of rotatable bonds is 4. The molecule has 0 spiro atoms. The van der Waals surface area contributed by atoms with Gasteiger partial charge in [-0.05, 0) is 38.0 Å². The van der Waals surface area contributed by atoms with Crippen LogP contribution in [0.5, 0.6) is 0 Å². The van der Waals surface area contributed by atoms with E-state index in [1.807, 2.05) is 6.20 Å². The number of anilines is 3. The lowest BCUT2D eigenvalue weighted by molar-refractivity contribution is 0.745. The maximum atomic E-state index is 4.84. The second-order valence-electron chi connectivity index (χ2n) is 7.01. The maximum absolute atomic E-state index is 4.84. The van der Waals surface area contributed by atoms with Crippen molar-refractivity contribution in [2.24, 2.45) is 7.05 Å². The van der Waals surface area contributed by atoms with Crippen LogP contribution in [-0.2, 0) is 19.9 Å². The highest BCUT2D eigenvalue weighted by molar-refractivity contribution is 5.59. The topological polar surface area (TPSA) is 58.9 Å². The van der Waals surface area contributed by atoms with Crippen molar-refractivity contribution < 1.29 is 0 Å². The molecule has 0 unspecified atom stereocenters. The summed E-state index contributed by atoms with van der Waals surface area (Å²) in [5.74, 6) is 3.05. The molecule has 127 valence electrons. The normalized spacial score (nSPS) is 16.9. The Hall–Kier alpha value is -2.11. The van der Waals surface area contributed by atoms with Gasteiger partial charge in [-0.25, -0.2) is 9.97 Å². The van der Waals surface area contributed by atoms with E-state index in [-0.39, 0.29) is 0 Å². The third kappa shape index (κ3) is 2.64. The second-order valence-corrected chi connectivity index (χ2v) is 7.01. The summed E-state index contributed by atoms with van der Waals surface area (Å²) in [4.78, 5) is 16.4. The first-order chi connectivity index (χ1) is 11.6. The van der Waals surface area contributed by atoms with Crippen LogP contribution in [0.3, 0.4) is 0 Å². The maximum Gasteiger partial charge on any atom is 0.227 e. The molecule has 24 heavy (non-hydrogen) atoms. The Bertz CT molecular complexity index is 742. The highest BCUT2D eigenvalue weighted by Gasteiger charge is 2.24. The van der Waals surface area contributed by atoms with E-state index in [1.165, 1.54) is 23.4 Å². The molecule has 2 aliphatic rings. The number of aromatic nitrogens is 4. The van der Waals surface area contributed by atoms with Gasteiger partial charge in [-0.1, -0.05) is 13.8 Å². The predicted molar refractivity (Wildman–Crippen MR) is 95.5 cm³/mol. The third-order valence-corrected chi connectivity index (χ3v) is 4.98. The van der Waals surface area contributed by atoms with Crippen molar-refractivity contribution in [3.05, 3.63) is 29.7 Å². The Morgan fingerprint density at radius 3 is 2.75 bits per heavy atom. The summed E-state index contributed by atoms with van der Waals surface area (Å²) >= 11 is 0. The Morgan fingerprint density at radius 2 is 2.04 bits per heavy atom. The molecule has 0 saturated carbocycles. The molecule has 2 aromatic heterocycles. The van der Waals surface area contributed by atoms with Crippen LogP contribution in [0.2, 0.25) is 0 Å². The molecular formula is C18H25N6. The largest absolute Gasteiger partial charge is 0.336 e. The lowest BCUT2D eigenvalue weighted by atomic mass is 10.1. The molecule has 6 nitrogen and oxygen atoms in total. The first kappa shape index (κ1) is 15.4. The zero-order valence-corrected chi connectivity index (χ0v) is 14.7. The van der Waals surface area contributed by atoms with Gasteiger partial charge in [0, 0.05) is 24.8 Å². The highest BCUT2D eigenvalue weighted by Crippen LogP contribution is 2.32. The SMILES string of the molecule is CC(C)c1cnc(Nc2nc(N3[CH]CCC3)nc3c2CCC3)n1C. The molecule has 3 heterocycles. The minimum atomic E-state index is 0.448. The summed E-state index contributed by atoms with van der Waals surface area (Å²) in [5.41, 5.74) is 3.67. The predicted octanol–water partition coefficient (Wildman–Crippen LogP) is 3.33. The number of imidazole rings is 1. The van der Waals surface area contributed by atoms with E-state index in [9.17, 15) is 0 Å². The minimum Gasteiger partial charge on any atom is -0.336 e. The Morgan fingerprint density at radius 1 is 1.17 bits per heavy atom. The van der Waals surface area contributed by atoms with E-state index >= 15 is 0 Å². The van der Waals surface area contributed by atoms with Crippen molar-refractivity contribution >= 4 is 17.7 Å². The van der Waals surface area contributed by atoms with Crippen LogP contribution in [-0.4, -0.2) is 26.1 Å². The van der Waals surface area contributed by atoms with Gasteiger partial charge in [0.25, 0.3) is 0 Å².